The van der Waals surface area contributed by atoms with Crippen LogP contribution in [-0.4, -0.2) is 38.7 Å². The maximum Gasteiger partial charge on any atom is 0.336 e. The number of benzene rings is 1. The molecule has 7 nitrogen and oxygen atoms in total. The van der Waals surface area contributed by atoms with Crippen molar-refractivity contribution in [2.24, 2.45) is 0 Å². The first-order valence-electron chi connectivity index (χ1n) is 7.04. The van der Waals surface area contributed by atoms with Crippen molar-refractivity contribution >= 4 is 29.5 Å². The van der Waals surface area contributed by atoms with E-state index in [2.05, 4.69) is 9.47 Å². The second kappa shape index (κ2) is 11.0. The summed E-state index contributed by atoms with van der Waals surface area (Å²) in [4.78, 5) is 33.3. The molecule has 0 atom stereocenters. The first-order chi connectivity index (χ1) is 12.0. The predicted molar refractivity (Wildman–Crippen MR) is 89.1 cm³/mol. The van der Waals surface area contributed by atoms with Gasteiger partial charge in [-0.05, 0) is 17.7 Å². The van der Waals surface area contributed by atoms with E-state index in [9.17, 15) is 14.4 Å². The van der Waals surface area contributed by atoms with Crippen LogP contribution in [0.2, 0.25) is 5.02 Å². The Bertz CT molecular complexity index is 680. The lowest BCUT2D eigenvalue weighted by Gasteiger charge is -2.07. The molecular formula is C17H17ClO7. The topological polar surface area (TPSA) is 88.1 Å². The van der Waals surface area contributed by atoms with E-state index in [1.54, 1.807) is 12.1 Å². The zero-order valence-electron chi connectivity index (χ0n) is 13.7. The van der Waals surface area contributed by atoms with Gasteiger partial charge in [-0.3, -0.25) is 0 Å². The zero-order valence-corrected chi connectivity index (χ0v) is 14.4. The maximum absolute atomic E-state index is 11.5. The third kappa shape index (κ3) is 8.14. The summed E-state index contributed by atoms with van der Waals surface area (Å²) in [6.07, 6.45) is 4.67. The Morgan fingerprint density at radius 1 is 1.00 bits per heavy atom. The lowest BCUT2D eigenvalue weighted by Crippen LogP contribution is -2.06. The van der Waals surface area contributed by atoms with Crippen molar-refractivity contribution < 1.29 is 33.3 Å². The summed E-state index contributed by atoms with van der Waals surface area (Å²) < 4.78 is 19.2. The van der Waals surface area contributed by atoms with Crippen LogP contribution in [0, 0.1) is 0 Å². The number of ether oxygens (including phenoxy) is 4. The molecule has 0 radical (unpaired) electrons. The summed E-state index contributed by atoms with van der Waals surface area (Å²) in [6, 6.07) is 4.63. The molecule has 0 saturated carbocycles. The minimum absolute atomic E-state index is 0.209. The number of hydrogen-bond acceptors (Lipinski definition) is 7. The number of esters is 3. The number of carbonyl (C=O) groups is 3. The second-order valence-corrected chi connectivity index (χ2v) is 4.88. The van der Waals surface area contributed by atoms with Crippen LogP contribution < -0.4 is 4.74 Å². The van der Waals surface area contributed by atoms with Gasteiger partial charge in [-0.15, -0.1) is 0 Å². The van der Waals surface area contributed by atoms with Gasteiger partial charge in [0.05, 0.1) is 27.4 Å². The van der Waals surface area contributed by atoms with E-state index in [1.807, 2.05) is 0 Å². The van der Waals surface area contributed by atoms with Crippen molar-refractivity contribution in [3.8, 4) is 5.75 Å². The Labute approximate surface area is 149 Å². The molecule has 8 heteroatoms. The van der Waals surface area contributed by atoms with Crippen molar-refractivity contribution in [3.05, 3.63) is 53.1 Å². The van der Waals surface area contributed by atoms with Crippen LogP contribution in [0.5, 0.6) is 5.75 Å². The minimum Gasteiger partial charge on any atom is -0.466 e. The lowest BCUT2D eigenvalue weighted by atomic mass is 10.2. The number of halogens is 1. The summed E-state index contributed by atoms with van der Waals surface area (Å²) in [5.74, 6) is -1.64. The fraction of sp³-hybridized carbons (Fsp3) is 0.235. The Morgan fingerprint density at radius 2 is 1.64 bits per heavy atom. The van der Waals surface area contributed by atoms with E-state index in [-0.39, 0.29) is 19.0 Å². The molecule has 0 aliphatic carbocycles. The molecule has 0 saturated heterocycles. The first kappa shape index (κ1) is 20.4. The number of carbonyl (C=O) groups excluding carboxylic acids is 3. The molecule has 0 fully saturated rings. The highest BCUT2D eigenvalue weighted by Gasteiger charge is 2.06. The van der Waals surface area contributed by atoms with Gasteiger partial charge in [-0.1, -0.05) is 23.7 Å². The molecular weight excluding hydrogens is 352 g/mol. The smallest absolute Gasteiger partial charge is 0.336 e. The molecule has 1 aromatic rings. The third-order valence-electron chi connectivity index (χ3n) is 2.73. The van der Waals surface area contributed by atoms with Gasteiger partial charge in [0.25, 0.3) is 0 Å². The Morgan fingerprint density at radius 3 is 2.28 bits per heavy atom. The van der Waals surface area contributed by atoms with E-state index in [4.69, 9.17) is 21.1 Å². The molecule has 0 N–H and O–H groups in total. The molecule has 0 unspecified atom stereocenters. The highest BCUT2D eigenvalue weighted by atomic mass is 35.5. The average Bonchev–Trinajstić information content (AvgIpc) is 2.60. The highest BCUT2D eigenvalue weighted by Crippen LogP contribution is 2.23. The Kier molecular flexibility index (Phi) is 8.99. The standard InChI is InChI=1S/C17H17ClO7/c1-22-15(19)4-3-9-24-11-12-5-6-13(10-14(12)18)25-17(21)8-7-16(20)23-2/h3-8,10H,9,11H2,1-2H3/b4-3+,8-7+. The molecule has 0 aliphatic rings. The molecule has 0 heterocycles. The van der Waals surface area contributed by atoms with Gasteiger partial charge in [-0.25, -0.2) is 14.4 Å². The normalized spacial score (nSPS) is 10.8. The molecule has 0 aromatic heterocycles. The van der Waals surface area contributed by atoms with Gasteiger partial charge in [-0.2, -0.15) is 0 Å². The van der Waals surface area contributed by atoms with Crippen LogP contribution in [-0.2, 0) is 35.2 Å². The van der Waals surface area contributed by atoms with E-state index in [0.717, 1.165) is 12.2 Å². The Balaban J connectivity index is 2.52. The molecule has 0 bridgehead atoms. The van der Waals surface area contributed by atoms with Crippen molar-refractivity contribution in [2.45, 2.75) is 6.61 Å². The quantitative estimate of drug-likeness (QED) is 0.301. The monoisotopic (exact) mass is 368 g/mol. The summed E-state index contributed by atoms with van der Waals surface area (Å²) in [6.45, 7) is 0.418. The SMILES string of the molecule is COC(=O)/C=C/COCc1ccc(OC(=O)/C=C/C(=O)OC)cc1Cl. The van der Waals surface area contributed by atoms with E-state index in [0.29, 0.717) is 10.6 Å². The molecule has 134 valence electrons. The van der Waals surface area contributed by atoms with Crippen molar-refractivity contribution in [1.82, 2.24) is 0 Å². The largest absolute Gasteiger partial charge is 0.466 e. The van der Waals surface area contributed by atoms with Crippen molar-refractivity contribution in [3.63, 3.8) is 0 Å². The van der Waals surface area contributed by atoms with E-state index in [1.165, 1.54) is 32.4 Å². The van der Waals surface area contributed by atoms with Crippen LogP contribution in [0.25, 0.3) is 0 Å². The molecule has 1 rings (SSSR count). The fourth-order valence-electron chi connectivity index (χ4n) is 1.51. The van der Waals surface area contributed by atoms with Crippen LogP contribution in [0.3, 0.4) is 0 Å². The van der Waals surface area contributed by atoms with Gasteiger partial charge in [0.1, 0.15) is 5.75 Å². The van der Waals surface area contributed by atoms with Gasteiger partial charge in [0, 0.05) is 23.3 Å². The van der Waals surface area contributed by atoms with E-state index < -0.39 is 17.9 Å². The first-order valence-corrected chi connectivity index (χ1v) is 7.42. The zero-order chi connectivity index (χ0) is 18.7. The molecule has 0 spiro atoms. The van der Waals surface area contributed by atoms with Gasteiger partial charge in [0.15, 0.2) is 0 Å². The van der Waals surface area contributed by atoms with E-state index >= 15 is 0 Å². The maximum atomic E-state index is 11.5. The Hall–Kier alpha value is -2.64. The second-order valence-electron chi connectivity index (χ2n) is 4.47. The van der Waals surface area contributed by atoms with Crippen LogP contribution in [0.15, 0.2) is 42.5 Å². The predicted octanol–water partition coefficient (Wildman–Crippen LogP) is 2.22. The summed E-state index contributed by atoms with van der Waals surface area (Å²) >= 11 is 6.09. The van der Waals surface area contributed by atoms with Gasteiger partial charge in [0.2, 0.25) is 0 Å². The average molecular weight is 369 g/mol. The van der Waals surface area contributed by atoms with Crippen LogP contribution >= 0.6 is 11.6 Å². The molecule has 0 amide bonds. The number of hydrogen-bond donors (Lipinski definition) is 0. The fourth-order valence-corrected chi connectivity index (χ4v) is 1.74. The highest BCUT2D eigenvalue weighted by molar-refractivity contribution is 6.31. The van der Waals surface area contributed by atoms with Gasteiger partial charge < -0.3 is 18.9 Å². The molecule has 25 heavy (non-hydrogen) atoms. The summed E-state index contributed by atoms with van der Waals surface area (Å²) in [5.41, 5.74) is 0.679. The lowest BCUT2D eigenvalue weighted by molar-refractivity contribution is -0.136. The van der Waals surface area contributed by atoms with Crippen molar-refractivity contribution in [1.29, 1.82) is 0 Å². The molecule has 0 aliphatic heterocycles. The minimum atomic E-state index is -0.738. The third-order valence-corrected chi connectivity index (χ3v) is 3.08. The van der Waals surface area contributed by atoms with Crippen molar-refractivity contribution in [2.75, 3.05) is 20.8 Å². The summed E-state index contributed by atoms with van der Waals surface area (Å²) in [5, 5.41) is 0.346. The van der Waals surface area contributed by atoms with Crippen LogP contribution in [0.4, 0.5) is 0 Å². The number of methoxy groups -OCH3 is 2. The van der Waals surface area contributed by atoms with Gasteiger partial charge >= 0.3 is 17.9 Å². The number of rotatable bonds is 8. The van der Waals surface area contributed by atoms with Crippen LogP contribution in [0.1, 0.15) is 5.56 Å². The molecule has 1 aromatic carbocycles. The summed E-state index contributed by atoms with van der Waals surface area (Å²) in [7, 11) is 2.48.